The predicted octanol–water partition coefficient (Wildman–Crippen LogP) is 5.03. The van der Waals surface area contributed by atoms with E-state index >= 15 is 0 Å². The third kappa shape index (κ3) is 2.29. The fourth-order valence-electron chi connectivity index (χ4n) is 6.42. The largest absolute Gasteiger partial charge is 0.387 e. The Balaban J connectivity index is 1.72. The summed E-state index contributed by atoms with van der Waals surface area (Å²) in [5.74, 6) is 2.77. The minimum absolute atomic E-state index is 0.114. The van der Waals surface area contributed by atoms with Crippen LogP contribution in [0.1, 0.15) is 52.4 Å². The molecule has 0 heterocycles. The van der Waals surface area contributed by atoms with Crippen LogP contribution in [0.4, 0.5) is 0 Å². The number of rotatable bonds is 0. The zero-order valence-electron chi connectivity index (χ0n) is 14.4. The van der Waals surface area contributed by atoms with E-state index in [-0.39, 0.29) is 11.2 Å². The van der Waals surface area contributed by atoms with Gasteiger partial charge in [-0.05, 0) is 67.3 Å². The molecule has 0 saturated heterocycles. The van der Waals surface area contributed by atoms with Gasteiger partial charge in [0.2, 0.25) is 0 Å². The normalized spacial score (nSPS) is 48.4. The lowest BCUT2D eigenvalue weighted by Gasteiger charge is -2.59. The van der Waals surface area contributed by atoms with Crippen LogP contribution in [0.5, 0.6) is 0 Å². The summed E-state index contributed by atoms with van der Waals surface area (Å²) in [6.45, 7) is 4.53. The Bertz CT molecular complexity index is 638. The second kappa shape index (κ2) is 5.86. The predicted molar refractivity (Wildman–Crippen MR) is 96.8 cm³/mol. The topological polar surface area (TPSA) is 37.3 Å². The molecule has 1 N–H and O–H groups in total. The molecule has 7 atom stereocenters. The van der Waals surface area contributed by atoms with Gasteiger partial charge in [0.05, 0.1) is 11.1 Å². The highest BCUT2D eigenvalue weighted by atomic mass is 35.5. The van der Waals surface area contributed by atoms with Gasteiger partial charge in [-0.1, -0.05) is 43.1 Å². The van der Waals surface area contributed by atoms with Crippen molar-refractivity contribution in [1.82, 2.24) is 0 Å². The SMILES string of the molecule is C[C@@H]1CC2=C(Cl)C(=O)CC[C@@H]2[C@H]2CC[C@]3(C)C(O)C(Cl)=CC[C@H]3[C@@H]21. The van der Waals surface area contributed by atoms with E-state index in [1.165, 1.54) is 5.57 Å². The van der Waals surface area contributed by atoms with Gasteiger partial charge in [0.15, 0.2) is 5.78 Å². The third-order valence-corrected chi connectivity index (χ3v) is 8.46. The van der Waals surface area contributed by atoms with Gasteiger partial charge >= 0.3 is 0 Å². The second-order valence-electron chi connectivity index (χ2n) is 8.71. The summed E-state index contributed by atoms with van der Waals surface area (Å²) >= 11 is 12.7. The maximum absolute atomic E-state index is 12.0. The third-order valence-electron chi connectivity index (χ3n) is 7.65. The highest BCUT2D eigenvalue weighted by molar-refractivity contribution is 6.43. The maximum Gasteiger partial charge on any atom is 0.174 e. The number of halogens is 2. The Labute approximate surface area is 154 Å². The summed E-state index contributed by atoms with van der Waals surface area (Å²) in [6, 6.07) is 0. The van der Waals surface area contributed by atoms with Gasteiger partial charge in [0.25, 0.3) is 0 Å². The summed E-state index contributed by atoms with van der Waals surface area (Å²) < 4.78 is 0. The molecule has 0 aliphatic heterocycles. The molecule has 132 valence electrons. The van der Waals surface area contributed by atoms with Crippen molar-refractivity contribution in [3.63, 3.8) is 0 Å². The molecule has 0 amide bonds. The van der Waals surface area contributed by atoms with Crippen molar-refractivity contribution >= 4 is 29.0 Å². The Hall–Kier alpha value is -0.310. The van der Waals surface area contributed by atoms with Crippen LogP contribution in [0.25, 0.3) is 0 Å². The molecule has 2 nitrogen and oxygen atoms in total. The zero-order chi connectivity index (χ0) is 17.2. The Morgan fingerprint density at radius 1 is 1.29 bits per heavy atom. The van der Waals surface area contributed by atoms with Gasteiger partial charge in [-0.25, -0.2) is 0 Å². The van der Waals surface area contributed by atoms with Crippen LogP contribution in [0.3, 0.4) is 0 Å². The highest BCUT2D eigenvalue weighted by Gasteiger charge is 2.56. The number of hydrogen-bond donors (Lipinski definition) is 1. The second-order valence-corrected chi connectivity index (χ2v) is 9.52. The molecule has 0 radical (unpaired) electrons. The quantitative estimate of drug-likeness (QED) is 0.650. The number of carbonyl (C=O) groups excluding carboxylic acids is 1. The molecule has 0 aromatic rings. The van der Waals surface area contributed by atoms with Crippen molar-refractivity contribution in [3.05, 3.63) is 21.7 Å². The monoisotopic (exact) mass is 368 g/mol. The van der Waals surface area contributed by atoms with Crippen LogP contribution < -0.4 is 0 Å². The lowest BCUT2D eigenvalue weighted by Crippen LogP contribution is -2.54. The number of carbonyl (C=O) groups is 1. The number of Topliss-reactive ketones (excluding diaryl/α,β-unsaturated/α-hetero) is 1. The molecule has 0 spiro atoms. The molecule has 4 rings (SSSR count). The smallest absolute Gasteiger partial charge is 0.174 e. The average molecular weight is 369 g/mol. The van der Waals surface area contributed by atoms with E-state index in [2.05, 4.69) is 13.8 Å². The van der Waals surface area contributed by atoms with Crippen LogP contribution in [0, 0.1) is 35.0 Å². The van der Waals surface area contributed by atoms with Crippen molar-refractivity contribution < 1.29 is 9.90 Å². The van der Waals surface area contributed by atoms with Gasteiger partial charge in [0, 0.05) is 16.9 Å². The molecule has 0 aromatic heterocycles. The van der Waals surface area contributed by atoms with E-state index in [4.69, 9.17) is 23.2 Å². The summed E-state index contributed by atoms with van der Waals surface area (Å²) in [6.07, 6.45) is 7.09. The van der Waals surface area contributed by atoms with Crippen molar-refractivity contribution in [1.29, 1.82) is 0 Å². The first-order chi connectivity index (χ1) is 11.3. The minimum atomic E-state index is -0.528. The molecule has 4 aliphatic carbocycles. The lowest BCUT2D eigenvalue weighted by molar-refractivity contribution is -0.118. The van der Waals surface area contributed by atoms with Crippen LogP contribution in [-0.2, 0) is 4.79 Å². The molecular weight excluding hydrogens is 343 g/mol. The number of allylic oxidation sites excluding steroid dienone is 3. The summed E-state index contributed by atoms with van der Waals surface area (Å²) in [4.78, 5) is 12.0. The average Bonchev–Trinajstić information content (AvgIpc) is 2.55. The molecule has 2 fully saturated rings. The van der Waals surface area contributed by atoms with Gasteiger partial charge in [-0.15, -0.1) is 0 Å². The minimum Gasteiger partial charge on any atom is -0.387 e. The van der Waals surface area contributed by atoms with Gasteiger partial charge in [-0.3, -0.25) is 4.79 Å². The molecule has 0 bridgehead atoms. The van der Waals surface area contributed by atoms with Crippen molar-refractivity contribution in [2.24, 2.45) is 35.0 Å². The first-order valence-electron chi connectivity index (χ1n) is 9.30. The molecule has 4 aliphatic rings. The highest BCUT2D eigenvalue weighted by Crippen LogP contribution is 2.62. The summed E-state index contributed by atoms with van der Waals surface area (Å²) in [5.41, 5.74) is 1.12. The maximum atomic E-state index is 12.0. The number of aliphatic hydroxyl groups is 1. The Morgan fingerprint density at radius 2 is 2.04 bits per heavy atom. The van der Waals surface area contributed by atoms with E-state index in [1.807, 2.05) is 6.08 Å². The van der Waals surface area contributed by atoms with Crippen molar-refractivity contribution in [3.8, 4) is 0 Å². The number of ketones is 1. The van der Waals surface area contributed by atoms with Crippen LogP contribution >= 0.6 is 23.2 Å². The standard InChI is InChI=1S/C20H26Cl2O2/c1-10-9-13-11(3-6-16(23)18(13)22)12-7-8-20(2)14(17(10)12)4-5-15(21)19(20)24/h5,10-12,14,17,19,24H,3-4,6-9H2,1-2H3/t10-,11-,12-,14+,17-,19?,20+/m1/s1. The van der Waals surface area contributed by atoms with E-state index in [0.29, 0.717) is 46.1 Å². The fourth-order valence-corrected chi connectivity index (χ4v) is 7.07. The van der Waals surface area contributed by atoms with Crippen LogP contribution in [0.15, 0.2) is 21.7 Å². The zero-order valence-corrected chi connectivity index (χ0v) is 15.9. The molecule has 2 saturated carbocycles. The summed E-state index contributed by atoms with van der Waals surface area (Å²) in [5, 5.41) is 11.9. The van der Waals surface area contributed by atoms with E-state index < -0.39 is 6.10 Å². The first kappa shape index (κ1) is 17.1. The van der Waals surface area contributed by atoms with Crippen LogP contribution in [-0.4, -0.2) is 17.0 Å². The first-order valence-corrected chi connectivity index (χ1v) is 10.1. The van der Waals surface area contributed by atoms with Crippen molar-refractivity contribution in [2.45, 2.75) is 58.5 Å². The molecule has 1 unspecified atom stereocenters. The molecule has 4 heteroatoms. The fraction of sp³-hybridized carbons (Fsp3) is 0.750. The van der Waals surface area contributed by atoms with Crippen LogP contribution in [0.2, 0.25) is 0 Å². The van der Waals surface area contributed by atoms with E-state index in [0.717, 1.165) is 32.1 Å². The van der Waals surface area contributed by atoms with Gasteiger partial charge < -0.3 is 5.11 Å². The summed E-state index contributed by atoms with van der Waals surface area (Å²) in [7, 11) is 0. The van der Waals surface area contributed by atoms with E-state index in [1.54, 1.807) is 0 Å². The number of fused-ring (bicyclic) bond motifs is 5. The van der Waals surface area contributed by atoms with Gasteiger partial charge in [-0.2, -0.15) is 0 Å². The number of aliphatic hydroxyl groups excluding tert-OH is 1. The Morgan fingerprint density at radius 3 is 2.79 bits per heavy atom. The Kier molecular flexibility index (Phi) is 4.18. The molecule has 0 aromatic carbocycles. The lowest BCUT2D eigenvalue weighted by atomic mass is 9.46. The van der Waals surface area contributed by atoms with Gasteiger partial charge in [0.1, 0.15) is 0 Å². The molecular formula is C20H26Cl2O2. The van der Waals surface area contributed by atoms with E-state index in [9.17, 15) is 9.90 Å². The number of hydrogen-bond acceptors (Lipinski definition) is 2. The van der Waals surface area contributed by atoms with Crippen molar-refractivity contribution in [2.75, 3.05) is 0 Å². The molecule has 24 heavy (non-hydrogen) atoms.